The second kappa shape index (κ2) is 4.63. The smallest absolute Gasteiger partial charge is 0.133 e. The summed E-state index contributed by atoms with van der Waals surface area (Å²) in [5, 5.41) is 9.49. The molecule has 1 saturated carbocycles. The summed E-state index contributed by atoms with van der Waals surface area (Å²) in [6, 6.07) is 5.82. The maximum absolute atomic E-state index is 11.4. The lowest BCUT2D eigenvalue weighted by atomic mass is 9.76. The average molecular weight is 235 g/mol. The summed E-state index contributed by atoms with van der Waals surface area (Å²) in [4.78, 5) is 15.4. The molecule has 0 amide bonds. The van der Waals surface area contributed by atoms with Gasteiger partial charge in [0.15, 0.2) is 0 Å². The molecule has 0 aliphatic heterocycles. The Morgan fingerprint density at radius 3 is 2.94 bits per heavy atom. The summed E-state index contributed by atoms with van der Waals surface area (Å²) >= 11 is 5.71. The van der Waals surface area contributed by atoms with Crippen LogP contribution in [0, 0.1) is 17.2 Å². The quantitative estimate of drug-likeness (QED) is 0.702. The van der Waals surface area contributed by atoms with Crippen LogP contribution < -0.4 is 0 Å². The molecule has 0 bridgehead atoms. The molecule has 1 aromatic heterocycles. The van der Waals surface area contributed by atoms with Crippen molar-refractivity contribution in [1.82, 2.24) is 4.98 Å². The lowest BCUT2D eigenvalue weighted by molar-refractivity contribution is -0.121. The molecule has 1 heterocycles. The molecule has 1 aliphatic rings. The van der Waals surface area contributed by atoms with Gasteiger partial charge in [0.05, 0.1) is 12.0 Å². The number of pyridine rings is 1. The average Bonchev–Trinajstić information content (AvgIpc) is 2.30. The summed E-state index contributed by atoms with van der Waals surface area (Å²) in [7, 11) is 0. The second-order valence-corrected chi connectivity index (χ2v) is 4.43. The molecule has 1 fully saturated rings. The van der Waals surface area contributed by atoms with Crippen LogP contribution in [0.25, 0.3) is 0 Å². The predicted molar refractivity (Wildman–Crippen MR) is 59.9 cm³/mol. The highest BCUT2D eigenvalue weighted by atomic mass is 35.5. The molecular weight excluding hydrogens is 224 g/mol. The number of ketones is 1. The van der Waals surface area contributed by atoms with Gasteiger partial charge in [-0.15, -0.1) is 0 Å². The van der Waals surface area contributed by atoms with E-state index in [0.29, 0.717) is 24.4 Å². The zero-order valence-corrected chi connectivity index (χ0v) is 9.44. The molecule has 4 heteroatoms. The Morgan fingerprint density at radius 2 is 2.31 bits per heavy atom. The van der Waals surface area contributed by atoms with Crippen molar-refractivity contribution >= 4 is 17.4 Å². The first-order valence-electron chi connectivity index (χ1n) is 5.23. The van der Waals surface area contributed by atoms with Gasteiger partial charge < -0.3 is 0 Å². The third-order valence-electron chi connectivity index (χ3n) is 3.01. The first-order valence-corrected chi connectivity index (χ1v) is 5.61. The van der Waals surface area contributed by atoms with Gasteiger partial charge in [0.2, 0.25) is 0 Å². The van der Waals surface area contributed by atoms with Crippen LogP contribution in [0.1, 0.15) is 30.7 Å². The van der Waals surface area contributed by atoms with E-state index < -0.39 is 0 Å². The Labute approximate surface area is 99.1 Å². The van der Waals surface area contributed by atoms with Crippen molar-refractivity contribution in [3.05, 3.63) is 29.0 Å². The van der Waals surface area contributed by atoms with Crippen molar-refractivity contribution in [2.45, 2.75) is 25.2 Å². The minimum atomic E-state index is -0.0827. The third kappa shape index (κ3) is 2.23. The number of hydrogen-bond acceptors (Lipinski definition) is 3. The Balaban J connectivity index is 2.26. The van der Waals surface area contributed by atoms with Gasteiger partial charge in [-0.25, -0.2) is 4.98 Å². The van der Waals surface area contributed by atoms with Gasteiger partial charge in [-0.3, -0.25) is 4.79 Å². The van der Waals surface area contributed by atoms with Gasteiger partial charge in [0.1, 0.15) is 10.9 Å². The van der Waals surface area contributed by atoms with Gasteiger partial charge in [-0.1, -0.05) is 17.7 Å². The van der Waals surface area contributed by atoms with Crippen LogP contribution in [0.5, 0.6) is 0 Å². The number of carbonyl (C=O) groups excluding carboxylic acids is 1. The second-order valence-electron chi connectivity index (χ2n) is 4.04. The van der Waals surface area contributed by atoms with Gasteiger partial charge in [-0.2, -0.15) is 5.26 Å². The summed E-state index contributed by atoms with van der Waals surface area (Å²) in [6.07, 6.45) is 3.29. The van der Waals surface area contributed by atoms with Crippen molar-refractivity contribution in [2.24, 2.45) is 5.92 Å². The molecule has 0 radical (unpaired) electrons. The Bertz CT molecular complexity index is 435. The number of hydrogen-bond donors (Lipinski definition) is 0. The van der Waals surface area contributed by atoms with Crippen molar-refractivity contribution in [3.8, 4) is 6.07 Å². The SMILES string of the molecule is N#C[C@@H]1CCC(=O)C[C@@H]1c1ccc(Cl)nc1. The summed E-state index contributed by atoms with van der Waals surface area (Å²) in [5.74, 6) is 0.128. The molecule has 3 nitrogen and oxygen atoms in total. The minimum Gasteiger partial charge on any atom is -0.300 e. The summed E-state index contributed by atoms with van der Waals surface area (Å²) in [6.45, 7) is 0. The van der Waals surface area contributed by atoms with E-state index in [2.05, 4.69) is 11.1 Å². The Kier molecular flexibility index (Phi) is 3.21. The van der Waals surface area contributed by atoms with E-state index in [4.69, 9.17) is 16.9 Å². The van der Waals surface area contributed by atoms with Crippen LogP contribution in [0.3, 0.4) is 0 Å². The van der Waals surface area contributed by atoms with Gasteiger partial charge in [0, 0.05) is 25.0 Å². The zero-order chi connectivity index (χ0) is 11.5. The highest BCUT2D eigenvalue weighted by Crippen LogP contribution is 2.35. The van der Waals surface area contributed by atoms with Crippen molar-refractivity contribution in [1.29, 1.82) is 5.26 Å². The first-order chi connectivity index (χ1) is 7.70. The fourth-order valence-corrected chi connectivity index (χ4v) is 2.23. The maximum Gasteiger partial charge on any atom is 0.133 e. The number of aromatic nitrogens is 1. The molecule has 0 saturated heterocycles. The van der Waals surface area contributed by atoms with E-state index in [1.54, 1.807) is 12.3 Å². The lowest BCUT2D eigenvalue weighted by Gasteiger charge is -2.25. The van der Waals surface area contributed by atoms with E-state index in [1.807, 2.05) is 6.07 Å². The van der Waals surface area contributed by atoms with Crippen LogP contribution in [0.4, 0.5) is 0 Å². The van der Waals surface area contributed by atoms with Crippen LogP contribution in [-0.4, -0.2) is 10.8 Å². The normalized spacial score (nSPS) is 25.1. The molecular formula is C12H11ClN2O. The topological polar surface area (TPSA) is 53.8 Å². The van der Waals surface area contributed by atoms with Crippen molar-refractivity contribution in [3.63, 3.8) is 0 Å². The lowest BCUT2D eigenvalue weighted by Crippen LogP contribution is -2.22. The largest absolute Gasteiger partial charge is 0.300 e. The third-order valence-corrected chi connectivity index (χ3v) is 3.24. The van der Waals surface area contributed by atoms with Crippen LogP contribution in [-0.2, 0) is 4.79 Å². The minimum absolute atomic E-state index is 0.0176. The molecule has 0 spiro atoms. The van der Waals surface area contributed by atoms with E-state index in [9.17, 15) is 4.79 Å². The standard InChI is InChI=1S/C12H11ClN2O/c13-12-4-2-9(7-15-12)11-5-10(16)3-1-8(11)6-14/h2,4,7-8,11H,1,3,5H2/t8-,11-/m0/s1. The highest BCUT2D eigenvalue weighted by Gasteiger charge is 2.30. The molecule has 0 aromatic carbocycles. The summed E-state index contributed by atoms with van der Waals surface area (Å²) in [5.41, 5.74) is 0.934. The van der Waals surface area contributed by atoms with E-state index in [0.717, 1.165) is 5.56 Å². The number of Topliss-reactive ketones (excluding diaryl/α,β-unsaturated/α-hetero) is 1. The van der Waals surface area contributed by atoms with Crippen LogP contribution in [0.2, 0.25) is 5.15 Å². The Hall–Kier alpha value is -1.40. The molecule has 1 aliphatic carbocycles. The molecule has 2 atom stereocenters. The Morgan fingerprint density at radius 1 is 1.50 bits per heavy atom. The fourth-order valence-electron chi connectivity index (χ4n) is 2.12. The van der Waals surface area contributed by atoms with Crippen molar-refractivity contribution < 1.29 is 4.79 Å². The van der Waals surface area contributed by atoms with E-state index in [1.165, 1.54) is 0 Å². The molecule has 1 aromatic rings. The van der Waals surface area contributed by atoms with Gasteiger partial charge >= 0.3 is 0 Å². The molecule has 0 unspecified atom stereocenters. The summed E-state index contributed by atoms with van der Waals surface area (Å²) < 4.78 is 0. The predicted octanol–water partition coefficient (Wildman–Crippen LogP) is 2.71. The molecule has 82 valence electrons. The number of nitrogens with zero attached hydrogens (tertiary/aromatic N) is 2. The monoisotopic (exact) mass is 234 g/mol. The van der Waals surface area contributed by atoms with Crippen LogP contribution in [0.15, 0.2) is 18.3 Å². The van der Waals surface area contributed by atoms with Crippen molar-refractivity contribution in [2.75, 3.05) is 0 Å². The van der Waals surface area contributed by atoms with E-state index in [-0.39, 0.29) is 17.6 Å². The van der Waals surface area contributed by atoms with E-state index >= 15 is 0 Å². The number of rotatable bonds is 1. The first kappa shape index (κ1) is 11.1. The van der Waals surface area contributed by atoms with Crippen LogP contribution >= 0.6 is 11.6 Å². The fraction of sp³-hybridized carbons (Fsp3) is 0.417. The molecule has 2 rings (SSSR count). The molecule has 16 heavy (non-hydrogen) atoms. The van der Waals surface area contributed by atoms with Gasteiger partial charge in [-0.05, 0) is 18.1 Å². The zero-order valence-electron chi connectivity index (χ0n) is 8.69. The highest BCUT2D eigenvalue weighted by molar-refractivity contribution is 6.29. The number of carbonyl (C=O) groups is 1. The maximum atomic E-state index is 11.4. The van der Waals surface area contributed by atoms with Gasteiger partial charge in [0.25, 0.3) is 0 Å². The molecule has 0 N–H and O–H groups in total. The number of halogens is 1. The number of nitriles is 1.